The molecule has 2 aliphatic rings. The Hall–Kier alpha value is -2.25. The first-order valence-electron chi connectivity index (χ1n) is 9.22. The van der Waals surface area contributed by atoms with Crippen LogP contribution in [0.2, 0.25) is 0 Å². The lowest BCUT2D eigenvalue weighted by atomic mass is 10.0. The van der Waals surface area contributed by atoms with Gasteiger partial charge in [0.1, 0.15) is 6.04 Å². The minimum absolute atomic E-state index is 0.128. The zero-order valence-electron chi connectivity index (χ0n) is 15.2. The first-order valence-corrected chi connectivity index (χ1v) is 9.22. The first kappa shape index (κ1) is 18.5. The van der Waals surface area contributed by atoms with Gasteiger partial charge >= 0.3 is 0 Å². The number of piperidine rings is 1. The standard InChI is InChI=1S/C19H26N4O3/c1-2-22(9-3-8-20)11-13-4-5-15-14(10-13)12-23(19(15)26)16-6-7-17(24)21-18(16)25/h4-5,10,16H,2-3,6-9,11-12,20H2,1H3,(H,21,24,25). The fourth-order valence-electron chi connectivity index (χ4n) is 3.65. The van der Waals surface area contributed by atoms with Crippen molar-refractivity contribution < 1.29 is 14.4 Å². The van der Waals surface area contributed by atoms with E-state index in [0.29, 0.717) is 25.1 Å². The van der Waals surface area contributed by atoms with E-state index in [1.165, 1.54) is 0 Å². The number of nitrogens with two attached hydrogens (primary N) is 1. The second-order valence-corrected chi connectivity index (χ2v) is 6.90. The fraction of sp³-hybridized carbons (Fsp3) is 0.526. The summed E-state index contributed by atoms with van der Waals surface area (Å²) in [5, 5.41) is 2.33. The lowest BCUT2D eigenvalue weighted by Gasteiger charge is -2.29. The number of carbonyl (C=O) groups is 3. The van der Waals surface area contributed by atoms with Gasteiger partial charge < -0.3 is 10.6 Å². The van der Waals surface area contributed by atoms with Crippen LogP contribution in [0.25, 0.3) is 0 Å². The van der Waals surface area contributed by atoms with E-state index in [1.54, 1.807) is 4.90 Å². The smallest absolute Gasteiger partial charge is 0.255 e. The Bertz CT molecular complexity index is 719. The number of hydrogen-bond acceptors (Lipinski definition) is 5. The van der Waals surface area contributed by atoms with Crippen LogP contribution in [0.1, 0.15) is 47.7 Å². The summed E-state index contributed by atoms with van der Waals surface area (Å²) < 4.78 is 0. The Morgan fingerprint density at radius 2 is 2.12 bits per heavy atom. The molecule has 3 rings (SSSR count). The lowest BCUT2D eigenvalue weighted by Crippen LogP contribution is -2.52. The van der Waals surface area contributed by atoms with E-state index >= 15 is 0 Å². The number of carbonyl (C=O) groups excluding carboxylic acids is 3. The third-order valence-corrected chi connectivity index (χ3v) is 5.12. The highest BCUT2D eigenvalue weighted by molar-refractivity contribution is 6.05. The molecule has 1 aromatic carbocycles. The summed E-state index contributed by atoms with van der Waals surface area (Å²) in [7, 11) is 0. The quantitative estimate of drug-likeness (QED) is 0.697. The van der Waals surface area contributed by atoms with Crippen molar-refractivity contribution in [1.82, 2.24) is 15.1 Å². The predicted molar refractivity (Wildman–Crippen MR) is 97.1 cm³/mol. The van der Waals surface area contributed by atoms with Crippen molar-refractivity contribution in [2.24, 2.45) is 5.73 Å². The number of benzene rings is 1. The molecule has 7 nitrogen and oxygen atoms in total. The molecule has 1 aromatic rings. The summed E-state index contributed by atoms with van der Waals surface area (Å²) in [5.74, 6) is -0.770. The summed E-state index contributed by atoms with van der Waals surface area (Å²) in [6.45, 7) is 5.93. The van der Waals surface area contributed by atoms with Gasteiger partial charge in [0.2, 0.25) is 11.8 Å². The van der Waals surface area contributed by atoms with Gasteiger partial charge in [0, 0.05) is 25.1 Å². The molecule has 0 spiro atoms. The zero-order chi connectivity index (χ0) is 18.7. The van der Waals surface area contributed by atoms with Gasteiger partial charge in [-0.15, -0.1) is 0 Å². The van der Waals surface area contributed by atoms with Gasteiger partial charge in [-0.1, -0.05) is 19.1 Å². The van der Waals surface area contributed by atoms with Crippen LogP contribution in [0.4, 0.5) is 0 Å². The van der Waals surface area contributed by atoms with Crippen molar-refractivity contribution in [2.45, 2.75) is 45.3 Å². The predicted octanol–water partition coefficient (Wildman–Crippen LogP) is 0.618. The molecule has 3 N–H and O–H groups in total. The normalized spacial score (nSPS) is 19.9. The van der Waals surface area contributed by atoms with Gasteiger partial charge in [0.25, 0.3) is 5.91 Å². The Labute approximate surface area is 153 Å². The average molecular weight is 358 g/mol. The van der Waals surface area contributed by atoms with Crippen LogP contribution in [-0.2, 0) is 22.7 Å². The highest BCUT2D eigenvalue weighted by Gasteiger charge is 2.39. The van der Waals surface area contributed by atoms with E-state index in [1.807, 2.05) is 12.1 Å². The van der Waals surface area contributed by atoms with E-state index in [9.17, 15) is 14.4 Å². The average Bonchev–Trinajstić information content (AvgIpc) is 2.94. The second kappa shape index (κ2) is 7.97. The summed E-state index contributed by atoms with van der Waals surface area (Å²) >= 11 is 0. The molecule has 0 aromatic heterocycles. The molecule has 26 heavy (non-hydrogen) atoms. The highest BCUT2D eigenvalue weighted by atomic mass is 16.2. The molecule has 2 aliphatic heterocycles. The molecule has 3 amide bonds. The molecule has 2 heterocycles. The third kappa shape index (κ3) is 3.78. The van der Waals surface area contributed by atoms with Gasteiger partial charge in [-0.05, 0) is 49.7 Å². The Kier molecular flexibility index (Phi) is 5.68. The van der Waals surface area contributed by atoms with Crippen LogP contribution in [-0.4, -0.2) is 53.2 Å². The van der Waals surface area contributed by atoms with Gasteiger partial charge in [0.05, 0.1) is 0 Å². The number of rotatable bonds is 7. The second-order valence-electron chi connectivity index (χ2n) is 6.90. The molecule has 1 unspecified atom stereocenters. The molecule has 1 fully saturated rings. The Balaban J connectivity index is 1.72. The van der Waals surface area contributed by atoms with Crippen LogP contribution >= 0.6 is 0 Å². The number of nitrogens with zero attached hydrogens (tertiary/aromatic N) is 2. The van der Waals surface area contributed by atoms with Gasteiger partial charge in [-0.3, -0.25) is 24.6 Å². The number of nitrogens with one attached hydrogen (secondary N) is 1. The monoisotopic (exact) mass is 358 g/mol. The summed E-state index contributed by atoms with van der Waals surface area (Å²) in [6, 6.07) is 5.34. The van der Waals surface area contributed by atoms with E-state index < -0.39 is 6.04 Å². The van der Waals surface area contributed by atoms with Crippen molar-refractivity contribution >= 4 is 17.7 Å². The zero-order valence-corrected chi connectivity index (χ0v) is 15.2. The molecule has 140 valence electrons. The number of hydrogen-bond donors (Lipinski definition) is 2. The minimum atomic E-state index is -0.562. The van der Waals surface area contributed by atoms with Gasteiger partial charge in [-0.2, -0.15) is 0 Å². The first-order chi connectivity index (χ1) is 12.5. The topological polar surface area (TPSA) is 95.7 Å². The molecular formula is C19H26N4O3. The molecule has 1 atom stereocenters. The maximum Gasteiger partial charge on any atom is 0.255 e. The van der Waals surface area contributed by atoms with E-state index in [4.69, 9.17) is 5.73 Å². The van der Waals surface area contributed by atoms with Crippen LogP contribution in [0.15, 0.2) is 18.2 Å². The van der Waals surface area contributed by atoms with E-state index in [2.05, 4.69) is 23.2 Å². The Morgan fingerprint density at radius 1 is 1.31 bits per heavy atom. The van der Waals surface area contributed by atoms with Crippen molar-refractivity contribution in [3.8, 4) is 0 Å². The van der Waals surface area contributed by atoms with Crippen molar-refractivity contribution in [3.63, 3.8) is 0 Å². The largest absolute Gasteiger partial charge is 0.330 e. The van der Waals surface area contributed by atoms with E-state index in [0.717, 1.165) is 37.2 Å². The van der Waals surface area contributed by atoms with Crippen LogP contribution in [0, 0.1) is 0 Å². The van der Waals surface area contributed by atoms with Gasteiger partial charge in [0.15, 0.2) is 0 Å². The maximum absolute atomic E-state index is 12.7. The number of amides is 3. The van der Waals surface area contributed by atoms with Crippen molar-refractivity contribution in [3.05, 3.63) is 34.9 Å². The molecule has 0 aliphatic carbocycles. The van der Waals surface area contributed by atoms with Crippen LogP contribution in [0.5, 0.6) is 0 Å². The molecule has 0 radical (unpaired) electrons. The Morgan fingerprint density at radius 3 is 2.81 bits per heavy atom. The molecule has 7 heteroatoms. The molecule has 1 saturated heterocycles. The van der Waals surface area contributed by atoms with Gasteiger partial charge in [-0.25, -0.2) is 0 Å². The summed E-state index contributed by atoms with van der Waals surface area (Å²) in [5.41, 5.74) is 8.36. The number of fused-ring (bicyclic) bond motifs is 1. The maximum atomic E-state index is 12.7. The highest BCUT2D eigenvalue weighted by Crippen LogP contribution is 2.28. The van der Waals surface area contributed by atoms with Crippen LogP contribution in [0.3, 0.4) is 0 Å². The van der Waals surface area contributed by atoms with Crippen molar-refractivity contribution in [1.29, 1.82) is 0 Å². The number of imide groups is 1. The third-order valence-electron chi connectivity index (χ3n) is 5.12. The lowest BCUT2D eigenvalue weighted by molar-refractivity contribution is -0.136. The summed E-state index contributed by atoms with van der Waals surface area (Å²) in [6.07, 6.45) is 1.62. The molecular weight excluding hydrogens is 332 g/mol. The summed E-state index contributed by atoms with van der Waals surface area (Å²) in [4.78, 5) is 40.0. The SMILES string of the molecule is CCN(CCCN)Cc1ccc2c(c1)CN(C1CCC(=O)NC1=O)C2=O. The van der Waals surface area contributed by atoms with E-state index in [-0.39, 0.29) is 24.1 Å². The molecule has 0 saturated carbocycles. The fourth-order valence-corrected chi connectivity index (χ4v) is 3.65. The minimum Gasteiger partial charge on any atom is -0.330 e. The van der Waals surface area contributed by atoms with Crippen molar-refractivity contribution in [2.75, 3.05) is 19.6 Å². The molecule has 0 bridgehead atoms. The van der Waals surface area contributed by atoms with Crippen LogP contribution < -0.4 is 11.1 Å².